The van der Waals surface area contributed by atoms with Crippen molar-refractivity contribution in [3.8, 4) is 0 Å². The van der Waals surface area contributed by atoms with Gasteiger partial charge in [0.15, 0.2) is 0 Å². The Bertz CT molecular complexity index is 698. The second-order valence-electron chi connectivity index (χ2n) is 5.28. The normalized spacial score (nSPS) is 19.0. The Morgan fingerprint density at radius 2 is 2.10 bits per heavy atom. The molecule has 1 aromatic carbocycles. The number of nitrogens with zero attached hydrogens (tertiary/aromatic N) is 1. The number of benzene rings is 1. The number of nitrogens with one attached hydrogen (secondary N) is 1. The average Bonchev–Trinajstić information content (AvgIpc) is 2.41. The Kier molecular flexibility index (Phi) is 4.05. The highest BCUT2D eigenvalue weighted by molar-refractivity contribution is 7.89. The van der Waals surface area contributed by atoms with Gasteiger partial charge in [0.25, 0.3) is 0 Å². The van der Waals surface area contributed by atoms with Gasteiger partial charge in [0, 0.05) is 18.7 Å². The van der Waals surface area contributed by atoms with E-state index >= 15 is 0 Å². The number of sulfonamides is 1. The summed E-state index contributed by atoms with van der Waals surface area (Å²) in [6.07, 6.45) is 0. The molecule has 2 rings (SSSR count). The number of carbonyl (C=O) groups excluding carboxylic acids is 1. The predicted octanol–water partition coefficient (Wildman–Crippen LogP) is 0.220. The molecule has 0 atom stereocenters. The molecular weight excluding hydrogens is 310 g/mol. The minimum absolute atomic E-state index is 0.0792. The molecule has 1 heterocycles. The van der Waals surface area contributed by atoms with Crippen LogP contribution in [0.3, 0.4) is 0 Å². The molecule has 1 aliphatic heterocycles. The van der Waals surface area contributed by atoms with Crippen LogP contribution in [0.15, 0.2) is 29.2 Å². The summed E-state index contributed by atoms with van der Waals surface area (Å²) >= 11 is 4.87. The molecule has 6 nitrogen and oxygen atoms in total. The van der Waals surface area contributed by atoms with Gasteiger partial charge in [-0.25, -0.2) is 8.42 Å². The third kappa shape index (κ3) is 2.78. The molecule has 1 aromatic rings. The summed E-state index contributed by atoms with van der Waals surface area (Å²) in [6.45, 7) is 3.67. The van der Waals surface area contributed by atoms with Gasteiger partial charge in [0.2, 0.25) is 15.9 Å². The van der Waals surface area contributed by atoms with E-state index in [9.17, 15) is 13.2 Å². The van der Waals surface area contributed by atoms with E-state index in [-0.39, 0.29) is 28.9 Å². The van der Waals surface area contributed by atoms with E-state index in [0.717, 1.165) is 0 Å². The second kappa shape index (κ2) is 5.36. The average molecular weight is 327 g/mol. The molecule has 1 saturated heterocycles. The van der Waals surface area contributed by atoms with Crippen LogP contribution >= 0.6 is 12.2 Å². The molecule has 114 valence electrons. The first-order valence-corrected chi connectivity index (χ1v) is 8.23. The minimum Gasteiger partial charge on any atom is -0.389 e. The third-order valence-corrected chi connectivity index (χ3v) is 5.79. The highest BCUT2D eigenvalue weighted by Crippen LogP contribution is 2.27. The van der Waals surface area contributed by atoms with Gasteiger partial charge < -0.3 is 11.1 Å². The van der Waals surface area contributed by atoms with Crippen molar-refractivity contribution in [2.45, 2.75) is 24.3 Å². The number of amides is 1. The Hall–Kier alpha value is -1.51. The quantitative estimate of drug-likeness (QED) is 0.775. The first-order valence-electron chi connectivity index (χ1n) is 6.38. The minimum atomic E-state index is -3.80. The van der Waals surface area contributed by atoms with Crippen LogP contribution in [0.5, 0.6) is 0 Å². The molecule has 21 heavy (non-hydrogen) atoms. The largest absolute Gasteiger partial charge is 0.389 e. The van der Waals surface area contributed by atoms with Crippen LogP contribution in [0.25, 0.3) is 0 Å². The molecule has 0 aromatic heterocycles. The van der Waals surface area contributed by atoms with Crippen LogP contribution in [0.1, 0.15) is 19.4 Å². The summed E-state index contributed by atoms with van der Waals surface area (Å²) < 4.78 is 26.8. The molecule has 1 fully saturated rings. The van der Waals surface area contributed by atoms with Crippen LogP contribution < -0.4 is 11.1 Å². The molecule has 0 unspecified atom stereocenters. The second-order valence-corrected chi connectivity index (χ2v) is 7.59. The maximum absolute atomic E-state index is 12.8. The lowest BCUT2D eigenvalue weighted by Crippen LogP contribution is -2.63. The van der Waals surface area contributed by atoms with Crippen molar-refractivity contribution in [2.75, 3.05) is 13.1 Å². The summed E-state index contributed by atoms with van der Waals surface area (Å²) in [4.78, 5) is 12.1. The Balaban J connectivity index is 2.49. The summed E-state index contributed by atoms with van der Waals surface area (Å²) in [5.74, 6) is -0.317. The Morgan fingerprint density at radius 3 is 2.71 bits per heavy atom. The van der Waals surface area contributed by atoms with Gasteiger partial charge >= 0.3 is 0 Å². The van der Waals surface area contributed by atoms with Gasteiger partial charge in [-0.15, -0.1) is 0 Å². The standard InChI is InChI=1S/C13H17N3O3S2/c1-13(2)12(17)15-6-7-16(13)21(18,19)10-5-3-4-9(8-10)11(14)20/h3-5,8H,6-7H2,1-2H3,(H2,14,20)(H,15,17). The van der Waals surface area contributed by atoms with Gasteiger partial charge in [-0.1, -0.05) is 24.4 Å². The summed E-state index contributed by atoms with van der Waals surface area (Å²) in [7, 11) is -3.80. The molecule has 0 saturated carbocycles. The fraction of sp³-hybridized carbons (Fsp3) is 0.385. The maximum atomic E-state index is 12.8. The fourth-order valence-corrected chi connectivity index (χ4v) is 4.16. The maximum Gasteiger partial charge on any atom is 0.244 e. The van der Waals surface area contributed by atoms with Crippen molar-refractivity contribution in [2.24, 2.45) is 5.73 Å². The molecule has 8 heteroatoms. The van der Waals surface area contributed by atoms with E-state index in [1.165, 1.54) is 16.4 Å². The van der Waals surface area contributed by atoms with E-state index in [1.807, 2.05) is 0 Å². The SMILES string of the molecule is CC1(C)C(=O)NCCN1S(=O)(=O)c1cccc(C(N)=S)c1. The van der Waals surface area contributed by atoms with Gasteiger partial charge in [-0.3, -0.25) is 4.79 Å². The van der Waals surface area contributed by atoms with E-state index in [1.54, 1.807) is 26.0 Å². The number of hydrogen-bond donors (Lipinski definition) is 2. The number of carbonyl (C=O) groups is 1. The monoisotopic (exact) mass is 327 g/mol. The summed E-state index contributed by atoms with van der Waals surface area (Å²) in [5.41, 5.74) is 4.87. The number of piperazine rings is 1. The number of hydrogen-bond acceptors (Lipinski definition) is 4. The van der Waals surface area contributed by atoms with Gasteiger partial charge in [-0.05, 0) is 26.0 Å². The van der Waals surface area contributed by atoms with Crippen molar-refractivity contribution in [1.82, 2.24) is 9.62 Å². The molecule has 0 spiro atoms. The first kappa shape index (κ1) is 15.9. The van der Waals surface area contributed by atoms with Crippen molar-refractivity contribution in [3.05, 3.63) is 29.8 Å². The van der Waals surface area contributed by atoms with Crippen LogP contribution in [0.4, 0.5) is 0 Å². The molecule has 1 aliphatic rings. The van der Waals surface area contributed by atoms with E-state index < -0.39 is 15.6 Å². The van der Waals surface area contributed by atoms with Crippen LogP contribution in [0.2, 0.25) is 0 Å². The number of nitrogens with two attached hydrogens (primary N) is 1. The van der Waals surface area contributed by atoms with Gasteiger partial charge in [0.1, 0.15) is 10.5 Å². The first-order chi connectivity index (χ1) is 9.67. The predicted molar refractivity (Wildman–Crippen MR) is 83.3 cm³/mol. The lowest BCUT2D eigenvalue weighted by atomic mass is 10.0. The van der Waals surface area contributed by atoms with Crippen LogP contribution in [0, 0.1) is 0 Å². The molecule has 1 amide bonds. The lowest BCUT2D eigenvalue weighted by Gasteiger charge is -2.39. The molecule has 3 N–H and O–H groups in total. The Labute approximate surface area is 129 Å². The van der Waals surface area contributed by atoms with Crippen molar-refractivity contribution >= 4 is 33.1 Å². The summed E-state index contributed by atoms with van der Waals surface area (Å²) in [6, 6.07) is 6.13. The lowest BCUT2D eigenvalue weighted by molar-refractivity contribution is -0.131. The van der Waals surface area contributed by atoms with Crippen molar-refractivity contribution in [3.63, 3.8) is 0 Å². The van der Waals surface area contributed by atoms with Crippen LogP contribution in [-0.4, -0.2) is 42.2 Å². The topological polar surface area (TPSA) is 92.5 Å². The van der Waals surface area contributed by atoms with E-state index in [4.69, 9.17) is 18.0 Å². The number of thiocarbonyl (C=S) groups is 1. The molecule has 0 bridgehead atoms. The zero-order valence-electron chi connectivity index (χ0n) is 11.8. The smallest absolute Gasteiger partial charge is 0.244 e. The zero-order valence-corrected chi connectivity index (χ0v) is 13.4. The van der Waals surface area contributed by atoms with E-state index in [2.05, 4.69) is 5.32 Å². The third-order valence-electron chi connectivity index (χ3n) is 3.49. The van der Waals surface area contributed by atoms with Gasteiger partial charge in [0.05, 0.1) is 4.90 Å². The zero-order chi connectivity index (χ0) is 15.8. The summed E-state index contributed by atoms with van der Waals surface area (Å²) in [5, 5.41) is 2.67. The van der Waals surface area contributed by atoms with E-state index in [0.29, 0.717) is 5.56 Å². The highest BCUT2D eigenvalue weighted by Gasteiger charge is 2.44. The molecule has 0 aliphatic carbocycles. The highest BCUT2D eigenvalue weighted by atomic mass is 32.2. The van der Waals surface area contributed by atoms with Gasteiger partial charge in [-0.2, -0.15) is 4.31 Å². The van der Waals surface area contributed by atoms with Crippen molar-refractivity contribution < 1.29 is 13.2 Å². The fourth-order valence-electron chi connectivity index (χ4n) is 2.24. The number of rotatable bonds is 3. The van der Waals surface area contributed by atoms with Crippen LogP contribution in [-0.2, 0) is 14.8 Å². The molecular formula is C13H17N3O3S2. The Morgan fingerprint density at radius 1 is 1.43 bits per heavy atom. The molecule has 0 radical (unpaired) electrons. The van der Waals surface area contributed by atoms with Crippen molar-refractivity contribution in [1.29, 1.82) is 0 Å².